The van der Waals surface area contributed by atoms with E-state index in [1.54, 1.807) is 36.0 Å². The van der Waals surface area contributed by atoms with Crippen molar-refractivity contribution in [1.82, 2.24) is 19.7 Å². The van der Waals surface area contributed by atoms with Crippen molar-refractivity contribution in [3.63, 3.8) is 0 Å². The van der Waals surface area contributed by atoms with Gasteiger partial charge in [-0.1, -0.05) is 48.2 Å². The number of nitro benzene ring substituents is 1. The van der Waals surface area contributed by atoms with Crippen molar-refractivity contribution in [2.75, 3.05) is 5.32 Å². The maximum absolute atomic E-state index is 13.3. The van der Waals surface area contributed by atoms with E-state index in [-0.39, 0.29) is 11.4 Å². The lowest BCUT2D eigenvalue weighted by molar-refractivity contribution is -0.384. The number of thioether (sulfide) groups is 1. The molecular formula is C23H20N6O3S. The molecule has 4 aromatic rings. The van der Waals surface area contributed by atoms with Crippen LogP contribution >= 0.6 is 11.8 Å². The summed E-state index contributed by atoms with van der Waals surface area (Å²) >= 11 is 1.22. The molecule has 0 aliphatic carbocycles. The summed E-state index contributed by atoms with van der Waals surface area (Å²) in [6.07, 6.45) is 3.34. The molecule has 0 spiro atoms. The van der Waals surface area contributed by atoms with E-state index in [1.165, 1.54) is 17.8 Å². The topological polar surface area (TPSA) is 116 Å². The zero-order valence-corrected chi connectivity index (χ0v) is 18.7. The number of hydrogen-bond acceptors (Lipinski definition) is 7. The van der Waals surface area contributed by atoms with Crippen molar-refractivity contribution in [1.29, 1.82) is 0 Å². The van der Waals surface area contributed by atoms with Crippen LogP contribution in [0.15, 0.2) is 78.2 Å². The van der Waals surface area contributed by atoms with Crippen LogP contribution in [0.3, 0.4) is 0 Å². The second kappa shape index (κ2) is 9.61. The Morgan fingerprint density at radius 1 is 1.09 bits per heavy atom. The molecule has 0 aliphatic heterocycles. The lowest BCUT2D eigenvalue weighted by Gasteiger charge is -2.17. The Labute approximate surface area is 194 Å². The number of pyridine rings is 1. The molecule has 1 atom stereocenters. The molecule has 0 radical (unpaired) electrons. The van der Waals surface area contributed by atoms with Crippen LogP contribution in [-0.2, 0) is 11.8 Å². The fraction of sp³-hybridized carbons (Fsp3) is 0.130. The van der Waals surface area contributed by atoms with Crippen molar-refractivity contribution in [3.05, 3.63) is 94.3 Å². The summed E-state index contributed by atoms with van der Waals surface area (Å²) in [4.78, 5) is 28.4. The van der Waals surface area contributed by atoms with E-state index in [1.807, 2.05) is 49.5 Å². The van der Waals surface area contributed by atoms with Gasteiger partial charge >= 0.3 is 0 Å². The van der Waals surface area contributed by atoms with Crippen molar-refractivity contribution in [2.24, 2.45) is 7.05 Å². The van der Waals surface area contributed by atoms with Gasteiger partial charge in [-0.05, 0) is 36.2 Å². The number of nitrogens with one attached hydrogen (secondary N) is 1. The molecule has 2 heterocycles. The summed E-state index contributed by atoms with van der Waals surface area (Å²) in [6.45, 7) is 1.76. The molecule has 0 aliphatic rings. The standard InChI is InChI=1S/C23H20N6O3S/c1-15-8-9-18(19(14-15)29(31)32)25-22(30)20(16-6-4-3-5-7-16)33-23-27-26-21(28(23)2)17-10-12-24-13-11-17/h3-14,20H,1-2H3,(H,25,30)/t20-/m0/s1. The van der Waals surface area contributed by atoms with Gasteiger partial charge in [0.15, 0.2) is 11.0 Å². The maximum Gasteiger partial charge on any atom is 0.293 e. The lowest BCUT2D eigenvalue weighted by Crippen LogP contribution is -2.20. The molecule has 9 nitrogen and oxygen atoms in total. The van der Waals surface area contributed by atoms with Crippen molar-refractivity contribution in [3.8, 4) is 11.4 Å². The summed E-state index contributed by atoms with van der Waals surface area (Å²) in [5.74, 6) is 0.243. The molecule has 0 saturated carbocycles. The molecule has 4 rings (SSSR count). The van der Waals surface area contributed by atoms with Crippen LogP contribution in [-0.4, -0.2) is 30.6 Å². The minimum atomic E-state index is -0.708. The number of carbonyl (C=O) groups is 1. The summed E-state index contributed by atoms with van der Waals surface area (Å²) in [7, 11) is 1.82. The molecule has 2 aromatic heterocycles. The molecule has 0 bridgehead atoms. The second-order valence-corrected chi connectivity index (χ2v) is 8.35. The zero-order chi connectivity index (χ0) is 23.4. The zero-order valence-electron chi connectivity index (χ0n) is 17.9. The molecule has 1 amide bonds. The number of hydrogen-bond donors (Lipinski definition) is 1. The summed E-state index contributed by atoms with van der Waals surface area (Å²) < 4.78 is 1.80. The van der Waals surface area contributed by atoms with Gasteiger partial charge < -0.3 is 9.88 Å². The van der Waals surface area contributed by atoms with Crippen LogP contribution in [0.5, 0.6) is 0 Å². The Balaban J connectivity index is 1.66. The predicted octanol–water partition coefficient (Wildman–Crippen LogP) is 4.57. The molecule has 2 aromatic carbocycles. The minimum Gasteiger partial charge on any atom is -0.319 e. The van der Waals surface area contributed by atoms with Gasteiger partial charge in [0.05, 0.1) is 4.92 Å². The van der Waals surface area contributed by atoms with E-state index in [0.29, 0.717) is 11.0 Å². The number of amides is 1. The number of rotatable bonds is 7. The molecule has 10 heteroatoms. The number of aryl methyl sites for hydroxylation is 1. The average molecular weight is 461 g/mol. The smallest absolute Gasteiger partial charge is 0.293 e. The second-order valence-electron chi connectivity index (χ2n) is 7.28. The van der Waals surface area contributed by atoms with Gasteiger partial charge in [0.2, 0.25) is 5.91 Å². The van der Waals surface area contributed by atoms with E-state index in [9.17, 15) is 14.9 Å². The highest BCUT2D eigenvalue weighted by Gasteiger charge is 2.27. The average Bonchev–Trinajstić information content (AvgIpc) is 3.19. The van der Waals surface area contributed by atoms with Gasteiger partial charge in [-0.2, -0.15) is 0 Å². The SMILES string of the molecule is Cc1ccc(NC(=O)[C@@H](Sc2nnc(-c3ccncc3)n2C)c2ccccc2)c([N+](=O)[O-])c1. The van der Waals surface area contributed by atoms with Crippen LogP contribution in [0, 0.1) is 17.0 Å². The maximum atomic E-state index is 13.3. The third-order valence-corrected chi connectivity index (χ3v) is 6.23. The van der Waals surface area contributed by atoms with Gasteiger partial charge in [0.1, 0.15) is 10.9 Å². The Morgan fingerprint density at radius 2 is 1.82 bits per heavy atom. The molecule has 0 unspecified atom stereocenters. The van der Waals surface area contributed by atoms with E-state index in [0.717, 1.165) is 16.7 Å². The van der Waals surface area contributed by atoms with Gasteiger partial charge in [0, 0.05) is 31.1 Å². The first-order valence-electron chi connectivity index (χ1n) is 10.0. The first-order valence-corrected chi connectivity index (χ1v) is 10.9. The fourth-order valence-corrected chi connectivity index (χ4v) is 4.28. The lowest BCUT2D eigenvalue weighted by atomic mass is 10.1. The van der Waals surface area contributed by atoms with E-state index >= 15 is 0 Å². The van der Waals surface area contributed by atoms with Crippen LogP contribution in [0.1, 0.15) is 16.4 Å². The Kier molecular flexibility index (Phi) is 6.45. The van der Waals surface area contributed by atoms with Crippen LogP contribution in [0.2, 0.25) is 0 Å². The van der Waals surface area contributed by atoms with Gasteiger partial charge in [-0.3, -0.25) is 19.9 Å². The van der Waals surface area contributed by atoms with Crippen molar-refractivity contribution < 1.29 is 9.72 Å². The quantitative estimate of drug-likeness (QED) is 0.244. The van der Waals surface area contributed by atoms with Gasteiger partial charge in [-0.15, -0.1) is 10.2 Å². The number of anilines is 1. The fourth-order valence-electron chi connectivity index (χ4n) is 3.27. The Morgan fingerprint density at radius 3 is 2.52 bits per heavy atom. The monoisotopic (exact) mass is 460 g/mol. The van der Waals surface area contributed by atoms with Crippen LogP contribution in [0.25, 0.3) is 11.4 Å². The Hall–Kier alpha value is -4.05. The van der Waals surface area contributed by atoms with E-state index in [2.05, 4.69) is 20.5 Å². The molecule has 0 fully saturated rings. The summed E-state index contributed by atoms with van der Waals surface area (Å²) in [6, 6.07) is 17.6. The number of nitrogens with zero attached hydrogens (tertiary/aromatic N) is 5. The van der Waals surface area contributed by atoms with Gasteiger partial charge in [-0.25, -0.2) is 0 Å². The minimum absolute atomic E-state index is 0.146. The molecule has 0 saturated heterocycles. The van der Waals surface area contributed by atoms with Gasteiger partial charge in [0.25, 0.3) is 5.69 Å². The summed E-state index contributed by atoms with van der Waals surface area (Å²) in [5, 5.41) is 22.6. The normalized spacial score (nSPS) is 11.7. The van der Waals surface area contributed by atoms with E-state index < -0.39 is 16.1 Å². The largest absolute Gasteiger partial charge is 0.319 e. The number of aromatic nitrogens is 4. The first kappa shape index (κ1) is 22.2. The highest BCUT2D eigenvalue weighted by atomic mass is 32.2. The number of nitro groups is 1. The van der Waals surface area contributed by atoms with Crippen LogP contribution < -0.4 is 5.32 Å². The van der Waals surface area contributed by atoms with Crippen molar-refractivity contribution in [2.45, 2.75) is 17.3 Å². The highest BCUT2D eigenvalue weighted by molar-refractivity contribution is 8.00. The van der Waals surface area contributed by atoms with Crippen LogP contribution in [0.4, 0.5) is 11.4 Å². The Bertz CT molecular complexity index is 1290. The number of benzene rings is 2. The van der Waals surface area contributed by atoms with Crippen molar-refractivity contribution >= 4 is 29.0 Å². The third kappa shape index (κ3) is 4.90. The summed E-state index contributed by atoms with van der Waals surface area (Å²) in [5.41, 5.74) is 2.31. The molecular weight excluding hydrogens is 440 g/mol. The first-order chi connectivity index (χ1) is 15.9. The third-order valence-electron chi connectivity index (χ3n) is 4.94. The molecule has 1 N–H and O–H groups in total. The molecule has 166 valence electrons. The highest BCUT2D eigenvalue weighted by Crippen LogP contribution is 2.37. The molecule has 33 heavy (non-hydrogen) atoms. The van der Waals surface area contributed by atoms with E-state index in [4.69, 9.17) is 0 Å². The number of carbonyl (C=O) groups excluding carboxylic acids is 1. The predicted molar refractivity (Wildman–Crippen MR) is 126 cm³/mol.